The van der Waals surface area contributed by atoms with Gasteiger partial charge in [0.15, 0.2) is 6.10 Å². The molecule has 0 aliphatic carbocycles. The van der Waals surface area contributed by atoms with Gasteiger partial charge in [-0.25, -0.2) is 0 Å². The molecule has 0 aromatic rings. The van der Waals surface area contributed by atoms with E-state index in [1.54, 1.807) is 0 Å². The van der Waals surface area contributed by atoms with Gasteiger partial charge in [-0.2, -0.15) is 0 Å². The minimum atomic E-state index is -0.763. The lowest BCUT2D eigenvalue weighted by Crippen LogP contribution is -2.28. The van der Waals surface area contributed by atoms with Crippen LogP contribution < -0.4 is 0 Å². The zero-order valence-electron chi connectivity index (χ0n) is 25.2. The Kier molecular flexibility index (Phi) is 29.1. The largest absolute Gasteiger partial charge is 0.462 e. The molecule has 38 heavy (non-hydrogen) atoms. The Morgan fingerprint density at radius 2 is 0.974 bits per heavy atom. The van der Waals surface area contributed by atoms with E-state index in [4.69, 9.17) is 9.47 Å². The normalized spacial score (nSPS) is 12.2. The van der Waals surface area contributed by atoms with E-state index in [-0.39, 0.29) is 25.2 Å². The molecule has 5 nitrogen and oxygen atoms in total. The number of carbonyl (C=O) groups excluding carboxylic acids is 2. The average molecular weight is 539 g/mol. The molecule has 0 spiro atoms. The Hall–Kier alpha value is -1.36. The second-order valence-electron chi connectivity index (χ2n) is 10.9. The molecule has 1 atom stereocenters. The van der Waals surface area contributed by atoms with Crippen molar-refractivity contribution in [1.29, 1.82) is 0 Å². The molecule has 0 unspecified atom stereocenters. The summed E-state index contributed by atoms with van der Waals surface area (Å²) in [6, 6.07) is 0. The molecule has 0 aromatic carbocycles. The van der Waals surface area contributed by atoms with Gasteiger partial charge in [0.25, 0.3) is 0 Å². The van der Waals surface area contributed by atoms with Crippen molar-refractivity contribution < 1.29 is 24.2 Å². The van der Waals surface area contributed by atoms with E-state index >= 15 is 0 Å². The Morgan fingerprint density at radius 1 is 0.579 bits per heavy atom. The second kappa shape index (κ2) is 30.2. The summed E-state index contributed by atoms with van der Waals surface area (Å²) in [5.74, 6) is -0.596. The molecular formula is C33H62O5. The van der Waals surface area contributed by atoms with Gasteiger partial charge >= 0.3 is 11.9 Å². The van der Waals surface area contributed by atoms with E-state index in [2.05, 4.69) is 26.0 Å². The van der Waals surface area contributed by atoms with Crippen LogP contribution in [0.15, 0.2) is 12.2 Å². The van der Waals surface area contributed by atoms with Crippen LogP contribution in [0.2, 0.25) is 0 Å². The summed E-state index contributed by atoms with van der Waals surface area (Å²) in [5.41, 5.74) is 0. The minimum absolute atomic E-state index is 0.0635. The molecule has 0 fully saturated rings. The van der Waals surface area contributed by atoms with Gasteiger partial charge in [0.1, 0.15) is 6.61 Å². The number of ether oxygens (including phenoxy) is 2. The molecule has 0 aliphatic heterocycles. The first-order chi connectivity index (χ1) is 18.6. The summed E-state index contributed by atoms with van der Waals surface area (Å²) in [7, 11) is 0. The molecule has 0 saturated heterocycles. The van der Waals surface area contributed by atoms with Crippen LogP contribution in [0, 0.1) is 0 Å². The number of hydrogen-bond donors (Lipinski definition) is 1. The second-order valence-corrected chi connectivity index (χ2v) is 10.9. The summed E-state index contributed by atoms with van der Waals surface area (Å²) in [5, 5.41) is 9.46. The highest BCUT2D eigenvalue weighted by Crippen LogP contribution is 2.13. The SMILES string of the molecule is CCCCCC/C=C/CCCCCCCCCC(=O)OC[C@H](CO)OC(=O)CCCCCCCCCCC. The standard InChI is InChI=1S/C33H62O5/c1-3-5-7-9-11-13-14-15-16-17-18-20-21-23-25-27-32(35)37-30-31(29-34)38-33(36)28-26-24-22-19-12-10-8-6-4-2/h13-14,31,34H,3-12,15-30H2,1-2H3/b14-13+/t31-/m0/s1. The molecule has 0 rings (SSSR count). The zero-order valence-corrected chi connectivity index (χ0v) is 25.2. The number of aliphatic hydroxyl groups excluding tert-OH is 1. The molecule has 1 N–H and O–H groups in total. The molecule has 0 amide bonds. The molecule has 5 heteroatoms. The average Bonchev–Trinajstić information content (AvgIpc) is 2.92. The van der Waals surface area contributed by atoms with Gasteiger partial charge in [-0.05, 0) is 38.5 Å². The number of hydrogen-bond acceptors (Lipinski definition) is 5. The van der Waals surface area contributed by atoms with Crippen molar-refractivity contribution in [3.8, 4) is 0 Å². The van der Waals surface area contributed by atoms with Crippen LogP contribution in [-0.4, -0.2) is 36.4 Å². The van der Waals surface area contributed by atoms with Crippen LogP contribution in [0.1, 0.15) is 168 Å². The first-order valence-electron chi connectivity index (χ1n) is 16.2. The lowest BCUT2D eigenvalue weighted by molar-refractivity contribution is -0.161. The van der Waals surface area contributed by atoms with Crippen LogP contribution in [-0.2, 0) is 19.1 Å². The van der Waals surface area contributed by atoms with Crippen LogP contribution in [0.4, 0.5) is 0 Å². The van der Waals surface area contributed by atoms with Crippen molar-refractivity contribution >= 4 is 11.9 Å². The Labute approximate surface area is 235 Å². The molecule has 0 saturated carbocycles. The van der Waals surface area contributed by atoms with Crippen molar-refractivity contribution in [2.24, 2.45) is 0 Å². The monoisotopic (exact) mass is 538 g/mol. The lowest BCUT2D eigenvalue weighted by atomic mass is 10.1. The number of unbranched alkanes of at least 4 members (excludes halogenated alkanes) is 19. The number of allylic oxidation sites excluding steroid dienone is 2. The molecule has 0 heterocycles. The molecule has 0 bridgehead atoms. The highest BCUT2D eigenvalue weighted by molar-refractivity contribution is 5.70. The predicted octanol–water partition coefficient (Wildman–Crippen LogP) is 9.39. The third-order valence-electron chi connectivity index (χ3n) is 7.06. The molecule has 0 aromatic heterocycles. The maximum Gasteiger partial charge on any atom is 0.306 e. The number of aliphatic hydroxyl groups is 1. The third-order valence-corrected chi connectivity index (χ3v) is 7.06. The van der Waals surface area contributed by atoms with E-state index in [0.717, 1.165) is 38.5 Å². The van der Waals surface area contributed by atoms with E-state index < -0.39 is 6.10 Å². The first-order valence-corrected chi connectivity index (χ1v) is 16.2. The summed E-state index contributed by atoms with van der Waals surface area (Å²) in [6.07, 6.45) is 31.2. The maximum atomic E-state index is 12.0. The van der Waals surface area contributed by atoms with Crippen LogP contribution in [0.5, 0.6) is 0 Å². The summed E-state index contributed by atoms with van der Waals surface area (Å²) in [4.78, 5) is 24.0. The molecule has 0 radical (unpaired) electrons. The number of carbonyl (C=O) groups is 2. The van der Waals surface area contributed by atoms with Gasteiger partial charge in [0.2, 0.25) is 0 Å². The summed E-state index contributed by atoms with van der Waals surface area (Å²) >= 11 is 0. The quantitative estimate of drug-likeness (QED) is 0.0583. The zero-order chi connectivity index (χ0) is 27.9. The predicted molar refractivity (Wildman–Crippen MR) is 159 cm³/mol. The van der Waals surface area contributed by atoms with Crippen LogP contribution >= 0.6 is 0 Å². The van der Waals surface area contributed by atoms with Crippen molar-refractivity contribution in [2.45, 2.75) is 174 Å². The fraction of sp³-hybridized carbons (Fsp3) is 0.879. The van der Waals surface area contributed by atoms with E-state index in [9.17, 15) is 14.7 Å². The van der Waals surface area contributed by atoms with Gasteiger partial charge < -0.3 is 14.6 Å². The summed E-state index contributed by atoms with van der Waals surface area (Å²) in [6.45, 7) is 4.09. The Bertz CT molecular complexity index is 546. The minimum Gasteiger partial charge on any atom is -0.462 e. The van der Waals surface area contributed by atoms with Gasteiger partial charge in [0, 0.05) is 12.8 Å². The maximum absolute atomic E-state index is 12.0. The van der Waals surface area contributed by atoms with Crippen LogP contribution in [0.25, 0.3) is 0 Å². The smallest absolute Gasteiger partial charge is 0.306 e. The fourth-order valence-corrected chi connectivity index (χ4v) is 4.55. The van der Waals surface area contributed by atoms with Gasteiger partial charge in [0.05, 0.1) is 6.61 Å². The van der Waals surface area contributed by atoms with E-state index in [1.165, 1.54) is 103 Å². The molecule has 0 aliphatic rings. The number of rotatable bonds is 29. The molecule has 224 valence electrons. The number of esters is 2. The van der Waals surface area contributed by atoms with Gasteiger partial charge in [-0.1, -0.05) is 129 Å². The topological polar surface area (TPSA) is 72.8 Å². The Balaban J connectivity index is 3.56. The highest BCUT2D eigenvalue weighted by Gasteiger charge is 2.16. The van der Waals surface area contributed by atoms with Crippen molar-refractivity contribution in [3.63, 3.8) is 0 Å². The van der Waals surface area contributed by atoms with Gasteiger partial charge in [-0.3, -0.25) is 9.59 Å². The third kappa shape index (κ3) is 27.7. The summed E-state index contributed by atoms with van der Waals surface area (Å²) < 4.78 is 10.5. The van der Waals surface area contributed by atoms with Crippen molar-refractivity contribution in [2.75, 3.05) is 13.2 Å². The van der Waals surface area contributed by atoms with Crippen molar-refractivity contribution in [3.05, 3.63) is 12.2 Å². The van der Waals surface area contributed by atoms with E-state index in [0.29, 0.717) is 12.8 Å². The fourth-order valence-electron chi connectivity index (χ4n) is 4.55. The van der Waals surface area contributed by atoms with E-state index in [1.807, 2.05) is 0 Å². The van der Waals surface area contributed by atoms with Crippen molar-refractivity contribution in [1.82, 2.24) is 0 Å². The first kappa shape index (κ1) is 36.6. The molecular weight excluding hydrogens is 476 g/mol. The highest BCUT2D eigenvalue weighted by atomic mass is 16.6. The lowest BCUT2D eigenvalue weighted by Gasteiger charge is -2.15. The van der Waals surface area contributed by atoms with Gasteiger partial charge in [-0.15, -0.1) is 0 Å². The van der Waals surface area contributed by atoms with Crippen LogP contribution in [0.3, 0.4) is 0 Å². The Morgan fingerprint density at radius 3 is 1.45 bits per heavy atom.